The van der Waals surface area contributed by atoms with Gasteiger partial charge in [-0.1, -0.05) is 47.7 Å². The number of halogens is 1. The maximum atomic E-state index is 14.3. The number of anilines is 1. The van der Waals surface area contributed by atoms with E-state index < -0.39 is 0 Å². The molecule has 0 aliphatic carbocycles. The van der Waals surface area contributed by atoms with Crippen LogP contribution in [0.5, 0.6) is 0 Å². The summed E-state index contributed by atoms with van der Waals surface area (Å²) in [7, 11) is 0. The third-order valence-electron chi connectivity index (χ3n) is 6.44. The molecule has 1 aliphatic rings. The van der Waals surface area contributed by atoms with Crippen molar-refractivity contribution in [1.29, 1.82) is 0 Å². The number of para-hydroxylation sites is 2. The molecule has 0 radical (unpaired) electrons. The molecule has 0 unspecified atom stereocenters. The van der Waals surface area contributed by atoms with Gasteiger partial charge in [0.25, 0.3) is 5.91 Å². The van der Waals surface area contributed by atoms with Gasteiger partial charge in [0, 0.05) is 31.6 Å². The highest BCUT2D eigenvalue weighted by Crippen LogP contribution is 2.33. The molecule has 1 amide bonds. The highest BCUT2D eigenvalue weighted by Gasteiger charge is 2.24. The lowest BCUT2D eigenvalue weighted by Crippen LogP contribution is -2.39. The van der Waals surface area contributed by atoms with E-state index in [1.165, 1.54) is 0 Å². The van der Waals surface area contributed by atoms with Gasteiger partial charge in [0.1, 0.15) is 0 Å². The standard InChI is InChI=1S/C28H26N4O2S2.ClH/c33-27(21-19-24(25-11-5-18-35-25)29-22-8-2-1-7-20(21)22)32(13-6-12-31-14-16-34-17-15-31)28-30-23-9-3-4-10-26(23)36-28;/h1-5,7-11,18-19H,6,12-17H2;1H. The van der Waals surface area contributed by atoms with Crippen LogP contribution in [0.25, 0.3) is 31.7 Å². The van der Waals surface area contributed by atoms with E-state index in [2.05, 4.69) is 11.0 Å². The van der Waals surface area contributed by atoms with Crippen LogP contribution in [-0.4, -0.2) is 60.2 Å². The summed E-state index contributed by atoms with van der Waals surface area (Å²) >= 11 is 3.20. The molecule has 1 aliphatic heterocycles. The van der Waals surface area contributed by atoms with Gasteiger partial charge in [-0.25, -0.2) is 9.97 Å². The Kier molecular flexibility index (Phi) is 8.12. The number of carbonyl (C=O) groups is 1. The molecule has 6 nitrogen and oxygen atoms in total. The fourth-order valence-electron chi connectivity index (χ4n) is 4.59. The molecule has 5 aromatic rings. The average Bonchev–Trinajstić information content (AvgIpc) is 3.61. The van der Waals surface area contributed by atoms with Crippen molar-refractivity contribution >= 4 is 67.2 Å². The fourth-order valence-corrected chi connectivity index (χ4v) is 6.26. The van der Waals surface area contributed by atoms with Crippen LogP contribution in [0.15, 0.2) is 72.1 Å². The monoisotopic (exact) mass is 550 g/mol. The predicted molar refractivity (Wildman–Crippen MR) is 155 cm³/mol. The number of hydrogen-bond acceptors (Lipinski definition) is 7. The second kappa shape index (κ2) is 11.7. The lowest BCUT2D eigenvalue weighted by atomic mass is 10.1. The van der Waals surface area contributed by atoms with Gasteiger partial charge >= 0.3 is 0 Å². The van der Waals surface area contributed by atoms with Gasteiger partial charge in [0.05, 0.1) is 45.1 Å². The molecule has 1 saturated heterocycles. The zero-order valence-electron chi connectivity index (χ0n) is 20.2. The van der Waals surface area contributed by atoms with Crippen LogP contribution in [-0.2, 0) is 4.74 Å². The van der Waals surface area contributed by atoms with Crippen LogP contribution in [0, 0.1) is 0 Å². The van der Waals surface area contributed by atoms with Gasteiger partial charge in [-0.15, -0.1) is 23.7 Å². The average molecular weight is 551 g/mol. The van der Waals surface area contributed by atoms with Crippen LogP contribution in [0.2, 0.25) is 0 Å². The molecule has 9 heteroatoms. The third-order valence-corrected chi connectivity index (χ3v) is 8.39. The van der Waals surface area contributed by atoms with Gasteiger partial charge < -0.3 is 4.74 Å². The number of pyridine rings is 1. The highest BCUT2D eigenvalue weighted by molar-refractivity contribution is 7.22. The third kappa shape index (κ3) is 5.54. The normalized spacial score (nSPS) is 14.1. The Morgan fingerprint density at radius 3 is 2.54 bits per heavy atom. The number of thiazole rings is 1. The molecule has 1 fully saturated rings. The van der Waals surface area contributed by atoms with Crippen molar-refractivity contribution in [2.45, 2.75) is 6.42 Å². The first kappa shape index (κ1) is 25.8. The Morgan fingerprint density at radius 2 is 1.76 bits per heavy atom. The number of thiophene rings is 1. The molecule has 0 spiro atoms. The number of hydrogen-bond donors (Lipinski definition) is 0. The van der Waals surface area contributed by atoms with Crippen LogP contribution < -0.4 is 4.90 Å². The smallest absolute Gasteiger partial charge is 0.260 e. The van der Waals surface area contributed by atoms with Gasteiger partial charge in [0.2, 0.25) is 0 Å². The number of amides is 1. The fraction of sp³-hybridized carbons (Fsp3) is 0.250. The second-order valence-corrected chi connectivity index (χ2v) is 10.7. The zero-order valence-corrected chi connectivity index (χ0v) is 22.7. The summed E-state index contributed by atoms with van der Waals surface area (Å²) in [5, 5.41) is 3.64. The minimum Gasteiger partial charge on any atom is -0.379 e. The zero-order chi connectivity index (χ0) is 24.3. The topological polar surface area (TPSA) is 58.6 Å². The van der Waals surface area contributed by atoms with E-state index in [0.717, 1.165) is 76.1 Å². The van der Waals surface area contributed by atoms with E-state index in [-0.39, 0.29) is 18.3 Å². The summed E-state index contributed by atoms with van der Waals surface area (Å²) in [6.45, 7) is 4.95. The molecule has 6 rings (SSSR count). The Labute approximate surface area is 229 Å². The first-order valence-electron chi connectivity index (χ1n) is 12.2. The van der Waals surface area contributed by atoms with E-state index >= 15 is 0 Å². The van der Waals surface area contributed by atoms with Gasteiger partial charge in [0.15, 0.2) is 5.13 Å². The number of morpholine rings is 1. The molecule has 0 atom stereocenters. The molecule has 190 valence electrons. The van der Waals surface area contributed by atoms with Crippen molar-refractivity contribution in [3.8, 4) is 10.6 Å². The number of rotatable bonds is 7. The van der Waals surface area contributed by atoms with Crippen molar-refractivity contribution in [3.05, 3.63) is 77.7 Å². The highest BCUT2D eigenvalue weighted by atomic mass is 35.5. The number of carbonyl (C=O) groups excluding carboxylic acids is 1. The maximum Gasteiger partial charge on any atom is 0.260 e. The largest absolute Gasteiger partial charge is 0.379 e. The summed E-state index contributed by atoms with van der Waals surface area (Å²) in [6, 6.07) is 22.0. The SMILES string of the molecule is Cl.O=C(c1cc(-c2cccs2)nc2ccccc12)N(CCCN1CCOCC1)c1nc2ccccc2s1. The number of benzene rings is 2. The number of ether oxygens (including phenoxy) is 1. The number of fused-ring (bicyclic) bond motifs is 2. The summed E-state index contributed by atoms with van der Waals surface area (Å²) < 4.78 is 6.57. The lowest BCUT2D eigenvalue weighted by molar-refractivity contribution is 0.0376. The maximum absolute atomic E-state index is 14.3. The summed E-state index contributed by atoms with van der Waals surface area (Å²) in [5.74, 6) is -0.0348. The summed E-state index contributed by atoms with van der Waals surface area (Å²) in [5.41, 5.74) is 3.23. The van der Waals surface area contributed by atoms with E-state index in [1.54, 1.807) is 22.7 Å². The van der Waals surface area contributed by atoms with Crippen molar-refractivity contribution in [2.24, 2.45) is 0 Å². The number of nitrogens with zero attached hydrogens (tertiary/aromatic N) is 4. The molecule has 2 aromatic carbocycles. The minimum atomic E-state index is -0.0348. The van der Waals surface area contributed by atoms with E-state index in [0.29, 0.717) is 12.1 Å². The quantitative estimate of drug-likeness (QED) is 0.236. The summed E-state index contributed by atoms with van der Waals surface area (Å²) in [4.78, 5) is 29.3. The van der Waals surface area contributed by atoms with Crippen molar-refractivity contribution < 1.29 is 9.53 Å². The molecule has 0 saturated carbocycles. The molecular weight excluding hydrogens is 524 g/mol. The first-order valence-corrected chi connectivity index (χ1v) is 13.9. The van der Waals surface area contributed by atoms with Crippen molar-refractivity contribution in [3.63, 3.8) is 0 Å². The van der Waals surface area contributed by atoms with Gasteiger partial charge in [-0.3, -0.25) is 14.6 Å². The van der Waals surface area contributed by atoms with E-state index in [9.17, 15) is 4.79 Å². The van der Waals surface area contributed by atoms with Gasteiger partial charge in [-0.2, -0.15) is 0 Å². The van der Waals surface area contributed by atoms with Crippen molar-refractivity contribution in [2.75, 3.05) is 44.3 Å². The first-order chi connectivity index (χ1) is 17.8. The molecule has 4 heterocycles. The molecular formula is C28H27ClN4O2S2. The number of aromatic nitrogens is 2. The molecule has 3 aromatic heterocycles. The predicted octanol–water partition coefficient (Wildman–Crippen LogP) is 6.36. The molecule has 0 N–H and O–H groups in total. The molecule has 0 bridgehead atoms. The minimum absolute atomic E-state index is 0. The Bertz CT molecular complexity index is 1470. The van der Waals surface area contributed by atoms with Crippen LogP contribution in [0.4, 0.5) is 5.13 Å². The Hall–Kier alpha value is -2.88. The van der Waals surface area contributed by atoms with E-state index in [4.69, 9.17) is 14.7 Å². The van der Waals surface area contributed by atoms with Crippen LogP contribution in [0.1, 0.15) is 16.8 Å². The Balaban J connectivity index is 0.00000280. The summed E-state index contributed by atoms with van der Waals surface area (Å²) in [6.07, 6.45) is 0.864. The van der Waals surface area contributed by atoms with Crippen LogP contribution in [0.3, 0.4) is 0 Å². The van der Waals surface area contributed by atoms with Crippen molar-refractivity contribution in [1.82, 2.24) is 14.9 Å². The lowest BCUT2D eigenvalue weighted by Gasteiger charge is -2.28. The van der Waals surface area contributed by atoms with Gasteiger partial charge in [-0.05, 0) is 42.1 Å². The molecule has 37 heavy (non-hydrogen) atoms. The Morgan fingerprint density at radius 1 is 0.973 bits per heavy atom. The van der Waals surface area contributed by atoms with E-state index in [1.807, 2.05) is 70.9 Å². The second-order valence-electron chi connectivity index (χ2n) is 8.78. The van der Waals surface area contributed by atoms with Crippen LogP contribution >= 0.6 is 35.1 Å².